The normalized spacial score (nSPS) is 14.7. The zero-order chi connectivity index (χ0) is 102. The Labute approximate surface area is 911 Å². The van der Waals surface area contributed by atoms with Crippen LogP contribution in [0.4, 0.5) is 33.1 Å². The van der Waals surface area contributed by atoms with E-state index in [9.17, 15) is 50.5 Å². The molecule has 0 radical (unpaired) electrons. The molecule has 0 aliphatic carbocycles. The zero-order valence-electron chi connectivity index (χ0n) is 81.7. The van der Waals surface area contributed by atoms with E-state index in [-0.39, 0.29) is 117 Å². The largest absolute Gasteiger partial charge is 1.00 e. The Hall–Kier alpha value is -8.39. The molecule has 6 aromatic carbocycles. The van der Waals surface area contributed by atoms with Crippen molar-refractivity contribution < 1.29 is 126 Å². The number of aromatic nitrogens is 8. The third-order valence-electron chi connectivity index (χ3n) is 22.2. The molecule has 1 amide bonds. The zero-order valence-corrected chi connectivity index (χ0v) is 92.9. The Morgan fingerprint density at radius 2 is 0.796 bits per heavy atom. The predicted molar refractivity (Wildman–Crippen MR) is 570 cm³/mol. The average molecular weight is 2220 g/mol. The van der Waals surface area contributed by atoms with Crippen LogP contribution in [0, 0.1) is 18.6 Å². The van der Waals surface area contributed by atoms with Gasteiger partial charge in [-0.3, -0.25) is 51.7 Å². The molecule has 0 saturated carbocycles. The molecule has 18 rings (SSSR count). The molecule has 14 aromatic rings. The number of alkyl halides is 1. The molecule has 12 heterocycles. The number of rotatable bonds is 28. The number of esters is 4. The summed E-state index contributed by atoms with van der Waals surface area (Å²) in [5, 5.41) is 12.2. The number of pyridine rings is 2. The molecule has 4 unspecified atom stereocenters. The molecule has 8 aromatic heterocycles. The third kappa shape index (κ3) is 40.1. The molecule has 4 fully saturated rings. The van der Waals surface area contributed by atoms with Gasteiger partial charge in [0.15, 0.2) is 11.6 Å². The van der Waals surface area contributed by atoms with E-state index in [1.165, 1.54) is 81.3 Å². The van der Waals surface area contributed by atoms with E-state index in [1.54, 1.807) is 99.5 Å². The number of hydrogen-bond donors (Lipinski definition) is 3. The molecule has 4 saturated heterocycles. The molecule has 4 bridgehead atoms. The first-order chi connectivity index (χ1) is 67.9. The van der Waals surface area contributed by atoms with Gasteiger partial charge in [-0.15, -0.1) is 68.0 Å². The number of carbonyl (C=O) groups excluding carboxylic acids is 5. The van der Waals surface area contributed by atoms with Crippen LogP contribution >= 0.6 is 99.9 Å². The first-order valence-corrected chi connectivity index (χ1v) is 54.3. The van der Waals surface area contributed by atoms with Crippen molar-refractivity contribution in [3.8, 4) is 0 Å². The maximum absolute atomic E-state index is 14.2. The van der Waals surface area contributed by atoms with Crippen LogP contribution in [0.2, 0.25) is 0 Å². The number of halogens is 7. The van der Waals surface area contributed by atoms with E-state index in [0.717, 1.165) is 146 Å². The van der Waals surface area contributed by atoms with Crippen LogP contribution in [0.5, 0.6) is 0 Å². The van der Waals surface area contributed by atoms with E-state index in [4.69, 9.17) is 25.1 Å². The van der Waals surface area contributed by atoms with Gasteiger partial charge in [0.2, 0.25) is 5.91 Å². The van der Waals surface area contributed by atoms with Crippen molar-refractivity contribution >= 4 is 216 Å². The monoisotopic (exact) mass is 2210 g/mol. The summed E-state index contributed by atoms with van der Waals surface area (Å²) in [4.78, 5) is 107. The second-order valence-corrected chi connectivity index (χ2v) is 41.4. The van der Waals surface area contributed by atoms with Crippen LogP contribution in [0.1, 0.15) is 192 Å². The Morgan fingerprint density at radius 1 is 0.465 bits per heavy atom. The van der Waals surface area contributed by atoms with Crippen LogP contribution in [0.15, 0.2) is 184 Å². The number of benzene rings is 6. The fourth-order valence-corrected chi connectivity index (χ4v) is 21.9. The molecular formula is C103H124BBr2F5KN13O11S6. The number of unbranched alkanes of at least 4 members (excludes halogenated alkanes) is 3. The molecule has 4 atom stereocenters. The minimum absolute atomic E-state index is 0. The summed E-state index contributed by atoms with van der Waals surface area (Å²) in [6, 6.07) is 41.8. The van der Waals surface area contributed by atoms with Gasteiger partial charge in [-0.2, -0.15) is 6.42 Å². The number of piperazine rings is 2. The standard InChI is InChI=1S/C23H25FN4OS.C15H19NO2S.C14H17NO2S.C12H13NO2S.C11H14FN3.C9H10N2S.C8H15O2.C7H4BrNS.C4H7BrO2.BF3.K/c24-19-12-25-11-10-21(19)28-17-8-9-18(28)14-27(13-17)22(29)7-2-1-4-16-5-3-6-20-23(16)30-15-26-20;1-15(2,3)18-13(17)9-5-7-11-6-4-8-12-14(11)19-10-16-12;1-2-17-13(16)9-4-3-6-11-7-5-8-12-14(11)18-10-15-12;14-11(15)7-2-1-4-9-5-3-6-10-12(9)16-8-13-10;12-10-7-13-4-3-11(10)15-8-1-2-9(15)6-14-5-8;10-5-4-7-2-1-3-8-9(7)12-6-11-8;1-5-6-7(9)10-8(2,3)4;8-5-2-1-3-6-7(5)10-4-9-6;1-2-7-4(6)3-5;2-1(3)4;/h3,5-6,10-12,15,17-18H,1-2,4,7-9,13-14H2;4,6,8,10H,5,7,9H2,1-3H3;5,7-8,10H,2-4,6,9H2,1H3;3,5-6,8H,1-2,4,7H2,(H,14,15);3-4,7-9,14H,1-2,5-6H2;1-3,6H,4-5,10H2;1,5-6H2,2-4H3;1-4H;2-3H2,1H3;;/q;;;;;;-1;;;;+1. The predicted octanol–water partition coefficient (Wildman–Crippen LogP) is 21.8. The minimum atomic E-state index is -3.67. The van der Waals surface area contributed by atoms with Gasteiger partial charge in [0.25, 0.3) is 0 Å². The summed E-state index contributed by atoms with van der Waals surface area (Å²) in [6.07, 6.45) is 24.1. The Morgan fingerprint density at radius 3 is 1.15 bits per heavy atom. The fraction of sp³-hybridized carbons (Fsp3) is 0.427. The topological polar surface area (TPSA) is 310 Å². The number of aliphatic carboxylic acids is 1. The van der Waals surface area contributed by atoms with Gasteiger partial charge in [-0.25, -0.2) is 38.7 Å². The molecule has 142 heavy (non-hydrogen) atoms. The maximum atomic E-state index is 14.2. The van der Waals surface area contributed by atoms with Crippen LogP contribution in [0.25, 0.3) is 61.3 Å². The maximum Gasteiger partial charge on any atom is 1.00 e. The van der Waals surface area contributed by atoms with Gasteiger partial charge in [0.1, 0.15) is 16.5 Å². The number of likely N-dealkylation sites (tertiary alicyclic amines) is 1. The van der Waals surface area contributed by atoms with Crippen LogP contribution < -0.4 is 72.2 Å². The number of fused-ring (bicyclic) bond motifs is 10. The van der Waals surface area contributed by atoms with Crippen LogP contribution in [-0.2, 0) is 79.8 Å². The van der Waals surface area contributed by atoms with Gasteiger partial charge in [-0.1, -0.05) is 82.7 Å². The second kappa shape index (κ2) is 63.2. The summed E-state index contributed by atoms with van der Waals surface area (Å²) >= 11 is 16.4. The number of nitrogens with two attached hydrogens (primary N) is 1. The number of aryl methyl sites for hydroxylation is 4. The van der Waals surface area contributed by atoms with Crippen molar-refractivity contribution in [3.05, 3.63) is 230 Å². The number of ether oxygens (including phenoxy) is 4. The Bertz CT molecular complexity index is 6160. The number of thiazole rings is 6. The van der Waals surface area contributed by atoms with E-state index < -0.39 is 19.1 Å². The smallest absolute Gasteiger partial charge is 0.481 e. The Kier molecular flexibility index (Phi) is 52.9. The average Bonchev–Trinajstić information content (AvgIpc) is 1.63. The molecule has 4 N–H and O–H groups in total. The van der Waals surface area contributed by atoms with Gasteiger partial charge < -0.3 is 56.7 Å². The van der Waals surface area contributed by atoms with Crippen molar-refractivity contribution in [1.82, 2.24) is 50.1 Å². The van der Waals surface area contributed by atoms with E-state index in [0.29, 0.717) is 88.1 Å². The molecule has 24 nitrogen and oxygen atoms in total. The van der Waals surface area contributed by atoms with Crippen molar-refractivity contribution in [3.63, 3.8) is 0 Å². The summed E-state index contributed by atoms with van der Waals surface area (Å²) in [7, 11) is -3.67. The van der Waals surface area contributed by atoms with Crippen molar-refractivity contribution in [2.45, 2.75) is 232 Å². The van der Waals surface area contributed by atoms with Crippen molar-refractivity contribution in [1.29, 1.82) is 0 Å². The molecule has 39 heteroatoms. The number of carbonyl (C=O) groups is 6. The third-order valence-corrected chi connectivity index (χ3v) is 29.1. The summed E-state index contributed by atoms with van der Waals surface area (Å²) in [5.74, 6) is -1.53. The van der Waals surface area contributed by atoms with Crippen LogP contribution in [-0.4, -0.2) is 180 Å². The minimum Gasteiger partial charge on any atom is -0.481 e. The fourth-order valence-electron chi connectivity index (χ4n) is 16.3. The molecule has 4 aliphatic rings. The van der Waals surface area contributed by atoms with E-state index >= 15 is 0 Å². The van der Waals surface area contributed by atoms with Gasteiger partial charge in [0, 0.05) is 99.3 Å². The number of nitrogens with one attached hydrogen (secondary N) is 1. The van der Waals surface area contributed by atoms with Gasteiger partial charge >= 0.3 is 88.8 Å². The molecule has 4 aliphatic heterocycles. The van der Waals surface area contributed by atoms with E-state index in [1.807, 2.05) is 159 Å². The number of carboxylic acids is 1. The second-order valence-electron chi connectivity index (χ2n) is 34.9. The molecule has 756 valence electrons. The number of nitrogens with zero attached hydrogens (tertiary/aromatic N) is 11. The summed E-state index contributed by atoms with van der Waals surface area (Å²) < 4.78 is 85.2. The molecular weight excluding hydrogens is 2090 g/mol. The number of amides is 1. The van der Waals surface area contributed by atoms with Crippen molar-refractivity contribution in [2.24, 2.45) is 5.73 Å². The summed E-state index contributed by atoms with van der Waals surface area (Å²) in [5.41, 5.74) is 30.2. The molecule has 0 spiro atoms. The van der Waals surface area contributed by atoms with Gasteiger partial charge in [-0.05, 0) is 263 Å². The first kappa shape index (κ1) is 119. The van der Waals surface area contributed by atoms with Crippen LogP contribution in [0.3, 0.4) is 0 Å². The first-order valence-electron chi connectivity index (χ1n) is 47.1. The van der Waals surface area contributed by atoms with Crippen molar-refractivity contribution in [2.75, 3.05) is 61.1 Å². The SMILES string of the molecule is Brc1cccc2ncsc12.CC(C)(C)OC(=O)CCCc1cccc2ncsc12.CCOC(=O)CBr.CCOC(=O)CCCCc1cccc2ncsc12.FB(F)F.Fc1cnccc1N1C2CCC1CNC2.NCCc1cccc2ncsc12.O=C(CCCCc1cccc2ncsc12)N1CC2CCC(C1)N2c1ccncc1F.O=C(O)CCCCc1cccc2ncsc12.[CH2-]CCC(=O)OC(C)(C)C.[K+]. The number of carboxylic acid groups (broad SMARTS) is 1. The Balaban J connectivity index is 0.000000200. The summed E-state index contributed by atoms with van der Waals surface area (Å²) in [6.45, 7) is 23.4. The number of anilines is 2. The van der Waals surface area contributed by atoms with E-state index in [2.05, 4.69) is 135 Å². The quantitative estimate of drug-likeness (QED) is 0.00780. The number of hydrogen-bond acceptors (Lipinski definition) is 28. The van der Waals surface area contributed by atoms with Gasteiger partial charge in [0.05, 0.1) is 131 Å².